The zero-order chi connectivity index (χ0) is 20.5. The molecule has 0 radical (unpaired) electrons. The molecule has 0 bridgehead atoms. The highest BCUT2D eigenvalue weighted by molar-refractivity contribution is 9.10. The van der Waals surface area contributed by atoms with Gasteiger partial charge in [-0.3, -0.25) is 19.6 Å². The van der Waals surface area contributed by atoms with E-state index in [1.165, 1.54) is 4.90 Å². The molecule has 148 valence electrons. The monoisotopic (exact) mass is 453 g/mol. The van der Waals surface area contributed by atoms with Gasteiger partial charge in [0, 0.05) is 34.4 Å². The van der Waals surface area contributed by atoms with Crippen molar-refractivity contribution < 1.29 is 14.3 Å². The number of nitrogens with zero attached hydrogens (tertiary/aromatic N) is 3. The van der Waals surface area contributed by atoms with Crippen LogP contribution in [-0.4, -0.2) is 35.5 Å². The molecule has 2 heterocycles. The van der Waals surface area contributed by atoms with Gasteiger partial charge in [-0.2, -0.15) is 0 Å². The first-order valence-corrected chi connectivity index (χ1v) is 10.1. The summed E-state index contributed by atoms with van der Waals surface area (Å²) < 4.78 is 6.10. The van der Waals surface area contributed by atoms with E-state index in [9.17, 15) is 9.59 Å². The van der Waals surface area contributed by atoms with Gasteiger partial charge in [-0.25, -0.2) is 4.79 Å². The van der Waals surface area contributed by atoms with Crippen LogP contribution in [0.1, 0.15) is 17.5 Å². The molecule has 3 aromatic rings. The van der Waals surface area contributed by atoms with Crippen LogP contribution in [-0.2, 0) is 11.3 Å². The number of amides is 3. The highest BCUT2D eigenvalue weighted by Gasteiger charge is 2.33. The Hall–Kier alpha value is -2.93. The number of rotatable bonds is 4. The molecule has 0 N–H and O–H groups in total. The number of benzene rings is 2. The van der Waals surface area contributed by atoms with Crippen LogP contribution in [0.15, 0.2) is 53.3 Å². The predicted molar refractivity (Wildman–Crippen MR) is 115 cm³/mol. The molecule has 1 aromatic heterocycles. The first-order valence-electron chi connectivity index (χ1n) is 9.26. The standard InChI is InChI=1S/C22H20BrN3O3/c1-14-9-17-18(19(23)10-14)11-24-12-20(17)25-8-7-21(27)26(22(25)28)13-15-3-5-16(29-2)6-4-15/h3-6,9-12H,7-8,13H2,1-2H3. The number of halogens is 1. The van der Waals surface area contributed by atoms with E-state index in [0.717, 1.165) is 32.1 Å². The average Bonchev–Trinajstić information content (AvgIpc) is 2.71. The SMILES string of the molecule is COc1ccc(CN2C(=O)CCN(c3cncc4c(Br)cc(C)cc34)C2=O)cc1. The summed E-state index contributed by atoms with van der Waals surface area (Å²) in [6, 6.07) is 11.1. The maximum Gasteiger partial charge on any atom is 0.331 e. The van der Waals surface area contributed by atoms with Crippen molar-refractivity contribution in [1.29, 1.82) is 0 Å². The van der Waals surface area contributed by atoms with Crippen LogP contribution in [0.25, 0.3) is 10.8 Å². The van der Waals surface area contributed by atoms with Gasteiger partial charge in [-0.15, -0.1) is 0 Å². The molecule has 2 aromatic carbocycles. The van der Waals surface area contributed by atoms with E-state index in [2.05, 4.69) is 20.9 Å². The molecule has 1 aliphatic heterocycles. The van der Waals surface area contributed by atoms with E-state index >= 15 is 0 Å². The second kappa shape index (κ2) is 7.83. The zero-order valence-corrected chi connectivity index (χ0v) is 17.8. The Morgan fingerprint density at radius 3 is 2.59 bits per heavy atom. The quantitative estimate of drug-likeness (QED) is 0.575. The first kappa shape index (κ1) is 19.4. The number of aryl methyl sites for hydroxylation is 1. The van der Waals surface area contributed by atoms with Gasteiger partial charge in [0.2, 0.25) is 5.91 Å². The van der Waals surface area contributed by atoms with Crippen molar-refractivity contribution in [3.05, 3.63) is 64.4 Å². The molecule has 0 unspecified atom stereocenters. The smallest absolute Gasteiger partial charge is 0.331 e. The molecule has 29 heavy (non-hydrogen) atoms. The highest BCUT2D eigenvalue weighted by Crippen LogP contribution is 2.33. The topological polar surface area (TPSA) is 62.7 Å². The summed E-state index contributed by atoms with van der Waals surface area (Å²) in [5.74, 6) is 0.557. The Kier molecular flexibility index (Phi) is 5.24. The second-order valence-corrected chi connectivity index (χ2v) is 7.87. The van der Waals surface area contributed by atoms with Gasteiger partial charge in [0.15, 0.2) is 0 Å². The van der Waals surface area contributed by atoms with E-state index in [-0.39, 0.29) is 24.9 Å². The number of ether oxygens (including phenoxy) is 1. The van der Waals surface area contributed by atoms with Crippen LogP contribution in [0, 0.1) is 6.92 Å². The Bertz CT molecular complexity index is 1100. The summed E-state index contributed by atoms with van der Waals surface area (Å²) in [6.45, 7) is 2.56. The average molecular weight is 454 g/mol. The number of hydrogen-bond donors (Lipinski definition) is 0. The molecule has 1 aliphatic rings. The molecule has 3 amide bonds. The van der Waals surface area contributed by atoms with Crippen LogP contribution in [0.5, 0.6) is 5.75 Å². The molecule has 0 aliphatic carbocycles. The van der Waals surface area contributed by atoms with Crippen molar-refractivity contribution in [3.8, 4) is 5.75 Å². The van der Waals surface area contributed by atoms with Crippen LogP contribution in [0.3, 0.4) is 0 Å². The normalized spacial score (nSPS) is 14.6. The van der Waals surface area contributed by atoms with Crippen molar-refractivity contribution in [3.63, 3.8) is 0 Å². The maximum atomic E-state index is 13.2. The Balaban J connectivity index is 1.68. The molecule has 1 saturated heterocycles. The van der Waals surface area contributed by atoms with Gasteiger partial charge in [-0.1, -0.05) is 28.1 Å². The minimum absolute atomic E-state index is 0.173. The number of carbonyl (C=O) groups is 2. The molecule has 4 rings (SSSR count). The number of hydrogen-bond acceptors (Lipinski definition) is 4. The summed E-state index contributed by atoms with van der Waals surface area (Å²) in [5, 5.41) is 1.86. The summed E-state index contributed by atoms with van der Waals surface area (Å²) in [5.41, 5.74) is 2.65. The van der Waals surface area contributed by atoms with E-state index in [1.54, 1.807) is 24.4 Å². The number of methoxy groups -OCH3 is 1. The number of aromatic nitrogens is 1. The van der Waals surface area contributed by atoms with E-state index in [1.807, 2.05) is 43.3 Å². The molecule has 0 spiro atoms. The molecule has 1 fully saturated rings. The lowest BCUT2D eigenvalue weighted by molar-refractivity contribution is -0.129. The molecule has 6 nitrogen and oxygen atoms in total. The minimum Gasteiger partial charge on any atom is -0.497 e. The van der Waals surface area contributed by atoms with Gasteiger partial charge in [0.05, 0.1) is 25.5 Å². The van der Waals surface area contributed by atoms with Crippen molar-refractivity contribution in [2.24, 2.45) is 0 Å². The summed E-state index contributed by atoms with van der Waals surface area (Å²) >= 11 is 3.58. The van der Waals surface area contributed by atoms with Crippen LogP contribution in [0.4, 0.5) is 10.5 Å². The molecule has 7 heteroatoms. The van der Waals surface area contributed by atoms with Crippen LogP contribution >= 0.6 is 15.9 Å². The number of pyridine rings is 1. The van der Waals surface area contributed by atoms with Crippen molar-refractivity contribution in [1.82, 2.24) is 9.88 Å². The number of fused-ring (bicyclic) bond motifs is 1. The van der Waals surface area contributed by atoms with Gasteiger partial charge >= 0.3 is 6.03 Å². The van der Waals surface area contributed by atoms with Crippen molar-refractivity contribution in [2.75, 3.05) is 18.6 Å². The number of carbonyl (C=O) groups excluding carboxylic acids is 2. The second-order valence-electron chi connectivity index (χ2n) is 7.01. The summed E-state index contributed by atoms with van der Waals surface area (Å²) in [7, 11) is 1.60. The third-order valence-electron chi connectivity index (χ3n) is 5.05. The van der Waals surface area contributed by atoms with Gasteiger partial charge < -0.3 is 4.74 Å². The minimum atomic E-state index is -0.330. The van der Waals surface area contributed by atoms with E-state index in [0.29, 0.717) is 12.2 Å². The number of urea groups is 1. The highest BCUT2D eigenvalue weighted by atomic mass is 79.9. The fourth-order valence-corrected chi connectivity index (χ4v) is 4.22. The third kappa shape index (κ3) is 3.70. The summed E-state index contributed by atoms with van der Waals surface area (Å²) in [4.78, 5) is 33.0. The maximum absolute atomic E-state index is 13.2. The van der Waals surface area contributed by atoms with Gasteiger partial charge in [-0.05, 0) is 42.3 Å². The van der Waals surface area contributed by atoms with Crippen LogP contribution < -0.4 is 9.64 Å². The lowest BCUT2D eigenvalue weighted by Crippen LogP contribution is -2.52. The largest absolute Gasteiger partial charge is 0.497 e. The predicted octanol–water partition coefficient (Wildman–Crippen LogP) is 4.67. The zero-order valence-electron chi connectivity index (χ0n) is 16.2. The number of anilines is 1. The van der Waals surface area contributed by atoms with Crippen LogP contribution in [0.2, 0.25) is 0 Å². The van der Waals surface area contributed by atoms with E-state index in [4.69, 9.17) is 4.74 Å². The lowest BCUT2D eigenvalue weighted by Gasteiger charge is -2.34. The first-order chi connectivity index (χ1) is 14.0. The molecule has 0 atom stereocenters. The fourth-order valence-electron chi connectivity index (χ4n) is 3.55. The molecule has 0 saturated carbocycles. The van der Waals surface area contributed by atoms with Gasteiger partial charge in [0.25, 0.3) is 0 Å². The number of imide groups is 1. The molecular formula is C22H20BrN3O3. The fraction of sp³-hybridized carbons (Fsp3) is 0.227. The Morgan fingerprint density at radius 2 is 1.86 bits per heavy atom. The van der Waals surface area contributed by atoms with Crippen molar-refractivity contribution >= 4 is 44.3 Å². The summed E-state index contributed by atoms with van der Waals surface area (Å²) in [6.07, 6.45) is 3.73. The lowest BCUT2D eigenvalue weighted by atomic mass is 10.1. The van der Waals surface area contributed by atoms with Crippen molar-refractivity contribution in [2.45, 2.75) is 19.9 Å². The molecular weight excluding hydrogens is 434 g/mol. The Morgan fingerprint density at radius 1 is 1.10 bits per heavy atom. The van der Waals surface area contributed by atoms with E-state index < -0.39 is 0 Å². The third-order valence-corrected chi connectivity index (χ3v) is 5.71. The Labute approximate surface area is 177 Å². The van der Waals surface area contributed by atoms with Gasteiger partial charge in [0.1, 0.15) is 5.75 Å².